The highest BCUT2D eigenvalue weighted by atomic mass is 35.5. The monoisotopic (exact) mass is 452 g/mol. The normalized spacial score (nSPS) is 15.2. The summed E-state index contributed by atoms with van der Waals surface area (Å²) in [5, 5.41) is 4.29. The number of hydrogen-bond acceptors (Lipinski definition) is 3. The quantitative estimate of drug-likeness (QED) is 0.208. The van der Waals surface area contributed by atoms with Gasteiger partial charge in [-0.2, -0.15) is 10.1 Å². The van der Waals surface area contributed by atoms with E-state index in [0.29, 0.717) is 16.3 Å². The molecule has 1 aliphatic heterocycles. The van der Waals surface area contributed by atoms with E-state index in [1.165, 1.54) is 19.1 Å². The molecule has 3 aromatic rings. The average molecular weight is 453 g/mol. The number of nitrogens with zero attached hydrogens (tertiary/aromatic N) is 2. The maximum absolute atomic E-state index is 14.1. The Balaban J connectivity index is 1.71. The van der Waals surface area contributed by atoms with Gasteiger partial charge in [0.25, 0.3) is 5.91 Å². The summed E-state index contributed by atoms with van der Waals surface area (Å²) < 4.78 is 74.2. The van der Waals surface area contributed by atoms with Crippen LogP contribution in [0.2, 0.25) is 5.02 Å². The van der Waals surface area contributed by atoms with E-state index in [9.17, 15) is 26.7 Å². The second-order valence-electron chi connectivity index (χ2n) is 6.49. The largest absolute Gasteiger partial charge is 0.457 e. The number of benzene rings is 2. The van der Waals surface area contributed by atoms with Gasteiger partial charge in [0.15, 0.2) is 23.3 Å². The Labute approximate surface area is 176 Å². The molecule has 0 radical (unpaired) electrons. The van der Waals surface area contributed by atoms with E-state index >= 15 is 0 Å². The predicted octanol–water partition coefficient (Wildman–Crippen LogP) is 6.10. The van der Waals surface area contributed by atoms with Gasteiger partial charge < -0.3 is 4.42 Å². The molecule has 4 nitrogen and oxygen atoms in total. The first kappa shape index (κ1) is 20.8. The fraction of sp³-hybridized carbons (Fsp3) is 0.0476. The van der Waals surface area contributed by atoms with Crippen LogP contribution in [0, 0.1) is 29.1 Å². The van der Waals surface area contributed by atoms with Gasteiger partial charge in [-0.3, -0.25) is 4.79 Å². The standard InChI is InChI=1S/C21H10ClF5N2O2/c1-9-13(8-12-5-6-14(31-12)10-3-2-4-11(22)7-10)21(30)29(28-9)20-18(26)16(24)15(23)17(25)19(20)27/h2-8H,1H3/b13-8+. The minimum absolute atomic E-state index is 0.00496. The molecule has 0 N–H and O–H groups in total. The number of anilines is 1. The van der Waals surface area contributed by atoms with Gasteiger partial charge in [-0.05, 0) is 37.3 Å². The Bertz CT molecular complexity index is 1270. The summed E-state index contributed by atoms with van der Waals surface area (Å²) in [6, 6.07) is 9.96. The third-order valence-corrected chi connectivity index (χ3v) is 4.72. The number of amides is 1. The molecule has 0 saturated carbocycles. The molecule has 1 aliphatic rings. The van der Waals surface area contributed by atoms with Gasteiger partial charge >= 0.3 is 0 Å². The lowest BCUT2D eigenvalue weighted by atomic mass is 10.1. The summed E-state index contributed by atoms with van der Waals surface area (Å²) in [6.07, 6.45) is 1.25. The molecule has 2 heterocycles. The summed E-state index contributed by atoms with van der Waals surface area (Å²) >= 11 is 5.95. The van der Waals surface area contributed by atoms with Crippen molar-refractivity contribution in [1.29, 1.82) is 0 Å². The van der Waals surface area contributed by atoms with E-state index in [1.807, 2.05) is 0 Å². The summed E-state index contributed by atoms with van der Waals surface area (Å²) in [5.41, 5.74) is -0.933. The predicted molar refractivity (Wildman–Crippen MR) is 104 cm³/mol. The van der Waals surface area contributed by atoms with Crippen molar-refractivity contribution in [1.82, 2.24) is 0 Å². The molecule has 1 amide bonds. The minimum Gasteiger partial charge on any atom is -0.457 e. The molecule has 4 rings (SSSR count). The molecule has 31 heavy (non-hydrogen) atoms. The van der Waals surface area contributed by atoms with E-state index in [2.05, 4.69) is 5.10 Å². The van der Waals surface area contributed by atoms with Crippen molar-refractivity contribution in [2.75, 3.05) is 5.01 Å². The van der Waals surface area contributed by atoms with Crippen molar-refractivity contribution in [3.8, 4) is 11.3 Å². The highest BCUT2D eigenvalue weighted by Crippen LogP contribution is 2.34. The Morgan fingerprint density at radius 3 is 2.26 bits per heavy atom. The molecule has 0 atom stereocenters. The molecule has 0 spiro atoms. The molecule has 2 aromatic carbocycles. The van der Waals surface area contributed by atoms with Crippen LogP contribution >= 0.6 is 11.6 Å². The highest BCUT2D eigenvalue weighted by molar-refractivity contribution is 6.32. The third-order valence-electron chi connectivity index (χ3n) is 4.48. The van der Waals surface area contributed by atoms with Gasteiger partial charge in [-0.25, -0.2) is 22.0 Å². The molecule has 0 aliphatic carbocycles. The van der Waals surface area contributed by atoms with Crippen molar-refractivity contribution in [2.24, 2.45) is 5.10 Å². The van der Waals surface area contributed by atoms with Crippen molar-refractivity contribution < 1.29 is 31.2 Å². The van der Waals surface area contributed by atoms with E-state index in [4.69, 9.17) is 16.0 Å². The van der Waals surface area contributed by atoms with Crippen molar-refractivity contribution >= 4 is 35.0 Å². The highest BCUT2D eigenvalue weighted by Gasteiger charge is 2.37. The molecular formula is C21H10ClF5N2O2. The number of rotatable bonds is 3. The maximum Gasteiger partial charge on any atom is 0.280 e. The van der Waals surface area contributed by atoms with Crippen molar-refractivity contribution in [2.45, 2.75) is 6.92 Å². The second-order valence-corrected chi connectivity index (χ2v) is 6.93. The minimum atomic E-state index is -2.33. The SMILES string of the molecule is CC1=NN(c2c(F)c(F)c(F)c(F)c2F)C(=O)/C1=C/c1ccc(-c2cccc(Cl)c2)o1. The fourth-order valence-corrected chi connectivity index (χ4v) is 3.17. The van der Waals surface area contributed by atoms with Crippen LogP contribution < -0.4 is 5.01 Å². The number of carbonyl (C=O) groups excluding carboxylic acids is 1. The Kier molecular flexibility index (Phi) is 5.14. The van der Waals surface area contributed by atoms with E-state index < -0.39 is 40.7 Å². The summed E-state index contributed by atoms with van der Waals surface area (Å²) in [4.78, 5) is 12.7. The average Bonchev–Trinajstić information content (AvgIpc) is 3.32. The zero-order chi connectivity index (χ0) is 22.4. The first-order valence-electron chi connectivity index (χ1n) is 8.68. The second kappa shape index (κ2) is 7.66. The van der Waals surface area contributed by atoms with E-state index in [-0.39, 0.29) is 22.1 Å². The zero-order valence-corrected chi connectivity index (χ0v) is 16.3. The van der Waals surface area contributed by atoms with Gasteiger partial charge in [-0.1, -0.05) is 23.7 Å². The molecular weight excluding hydrogens is 443 g/mol. The van der Waals surface area contributed by atoms with Crippen molar-refractivity contribution in [3.63, 3.8) is 0 Å². The summed E-state index contributed by atoms with van der Waals surface area (Å²) in [5.74, 6) is -11.5. The molecule has 158 valence electrons. The molecule has 10 heteroatoms. The van der Waals surface area contributed by atoms with Gasteiger partial charge in [-0.15, -0.1) is 0 Å². The van der Waals surface area contributed by atoms with Crippen LogP contribution in [0.25, 0.3) is 17.4 Å². The molecule has 0 bridgehead atoms. The molecule has 0 saturated heterocycles. The lowest BCUT2D eigenvalue weighted by molar-refractivity contribution is -0.114. The smallest absolute Gasteiger partial charge is 0.280 e. The van der Waals surface area contributed by atoms with Crippen LogP contribution in [0.4, 0.5) is 27.6 Å². The van der Waals surface area contributed by atoms with Gasteiger partial charge in [0.1, 0.15) is 17.2 Å². The number of hydrogen-bond donors (Lipinski definition) is 0. The number of halogens is 6. The Hall–Kier alpha value is -3.46. The Morgan fingerprint density at radius 1 is 0.968 bits per heavy atom. The van der Waals surface area contributed by atoms with Crippen LogP contribution in [-0.4, -0.2) is 11.6 Å². The van der Waals surface area contributed by atoms with Crippen LogP contribution in [0.3, 0.4) is 0 Å². The van der Waals surface area contributed by atoms with Gasteiger partial charge in [0, 0.05) is 10.6 Å². The fourth-order valence-electron chi connectivity index (χ4n) is 2.98. The van der Waals surface area contributed by atoms with Crippen LogP contribution in [-0.2, 0) is 4.79 Å². The first-order valence-corrected chi connectivity index (χ1v) is 9.05. The Morgan fingerprint density at radius 2 is 1.61 bits per heavy atom. The summed E-state index contributed by atoms with van der Waals surface area (Å²) in [7, 11) is 0. The molecule has 0 fully saturated rings. The van der Waals surface area contributed by atoms with Crippen LogP contribution in [0.1, 0.15) is 12.7 Å². The van der Waals surface area contributed by atoms with Crippen LogP contribution in [0.15, 0.2) is 51.5 Å². The summed E-state index contributed by atoms with van der Waals surface area (Å²) in [6.45, 7) is 1.34. The third kappa shape index (κ3) is 3.50. The van der Waals surface area contributed by atoms with Gasteiger partial charge in [0.05, 0.1) is 11.3 Å². The van der Waals surface area contributed by atoms with Crippen molar-refractivity contribution in [3.05, 3.63) is 81.8 Å². The number of hydrazone groups is 1. The molecule has 1 aromatic heterocycles. The lowest BCUT2D eigenvalue weighted by Crippen LogP contribution is -2.25. The number of furan rings is 1. The zero-order valence-electron chi connectivity index (χ0n) is 15.5. The maximum atomic E-state index is 14.1. The van der Waals surface area contributed by atoms with Crippen LogP contribution in [0.5, 0.6) is 0 Å². The topological polar surface area (TPSA) is 45.8 Å². The van der Waals surface area contributed by atoms with Gasteiger partial charge in [0.2, 0.25) is 5.82 Å². The molecule has 0 unspecified atom stereocenters. The lowest BCUT2D eigenvalue weighted by Gasteiger charge is -2.14. The van der Waals surface area contributed by atoms with E-state index in [0.717, 1.165) is 0 Å². The first-order chi connectivity index (χ1) is 14.7. The van der Waals surface area contributed by atoms with E-state index in [1.54, 1.807) is 30.3 Å². The number of carbonyl (C=O) groups is 1.